The van der Waals surface area contributed by atoms with E-state index < -0.39 is 5.82 Å². The van der Waals surface area contributed by atoms with Crippen molar-refractivity contribution in [2.45, 2.75) is 12.8 Å². The number of nitrogens with two attached hydrogens (primary N) is 1. The van der Waals surface area contributed by atoms with Crippen LogP contribution in [0.4, 0.5) is 4.39 Å². The van der Waals surface area contributed by atoms with Gasteiger partial charge in [0.1, 0.15) is 17.3 Å². The van der Waals surface area contributed by atoms with Crippen molar-refractivity contribution < 1.29 is 9.13 Å². The normalized spacial score (nSPS) is 10.5. The number of para-hydroxylation sites is 1. The van der Waals surface area contributed by atoms with Crippen molar-refractivity contribution in [3.63, 3.8) is 0 Å². The fraction of sp³-hybridized carbons (Fsp3) is 0.200. The van der Waals surface area contributed by atoms with Gasteiger partial charge in [0.15, 0.2) is 0 Å². The predicted molar refractivity (Wildman–Crippen MR) is 75.3 cm³/mol. The molecule has 19 heavy (non-hydrogen) atoms. The maximum absolute atomic E-state index is 13.4. The molecule has 100 valence electrons. The Morgan fingerprint density at radius 3 is 2.68 bits per heavy atom. The Morgan fingerprint density at radius 2 is 1.95 bits per heavy atom. The zero-order valence-corrected chi connectivity index (χ0v) is 11.2. The number of hydrogen-bond donors (Lipinski definition) is 1. The number of aryl methyl sites for hydroxylation is 1. The second-order valence-corrected chi connectivity index (χ2v) is 4.59. The Bertz CT molecular complexity index is 560. The maximum Gasteiger partial charge on any atom is 0.145 e. The monoisotopic (exact) mass is 279 g/mol. The molecular formula is C15H15ClFNO. The second-order valence-electron chi connectivity index (χ2n) is 4.18. The van der Waals surface area contributed by atoms with Crippen molar-refractivity contribution in [3.05, 3.63) is 58.9 Å². The molecule has 0 spiro atoms. The number of halogens is 2. The van der Waals surface area contributed by atoms with Gasteiger partial charge in [0, 0.05) is 6.07 Å². The predicted octanol–water partition coefficient (Wildman–Crippen LogP) is 4.16. The zero-order chi connectivity index (χ0) is 13.7. The van der Waals surface area contributed by atoms with E-state index in [2.05, 4.69) is 0 Å². The van der Waals surface area contributed by atoms with Gasteiger partial charge in [0.05, 0.1) is 5.02 Å². The molecule has 0 saturated heterocycles. The molecule has 0 atom stereocenters. The van der Waals surface area contributed by atoms with Crippen molar-refractivity contribution in [2.24, 2.45) is 5.73 Å². The molecule has 2 N–H and O–H groups in total. The van der Waals surface area contributed by atoms with Gasteiger partial charge in [0.25, 0.3) is 0 Å². The highest BCUT2D eigenvalue weighted by Crippen LogP contribution is 2.28. The topological polar surface area (TPSA) is 35.2 Å². The van der Waals surface area contributed by atoms with Crippen LogP contribution >= 0.6 is 11.6 Å². The van der Waals surface area contributed by atoms with Gasteiger partial charge in [0.2, 0.25) is 0 Å². The quantitative estimate of drug-likeness (QED) is 0.892. The highest BCUT2D eigenvalue weighted by molar-refractivity contribution is 6.30. The molecule has 0 aliphatic rings. The van der Waals surface area contributed by atoms with Crippen LogP contribution in [0.15, 0.2) is 42.5 Å². The molecule has 0 aliphatic heterocycles. The van der Waals surface area contributed by atoms with E-state index in [1.54, 1.807) is 6.07 Å². The van der Waals surface area contributed by atoms with Crippen molar-refractivity contribution in [3.8, 4) is 11.5 Å². The summed E-state index contributed by atoms with van der Waals surface area (Å²) in [5, 5.41) is 0.0868. The Morgan fingerprint density at radius 1 is 1.16 bits per heavy atom. The largest absolute Gasteiger partial charge is 0.457 e. The van der Waals surface area contributed by atoms with Crippen LogP contribution in [0, 0.1) is 5.82 Å². The summed E-state index contributed by atoms with van der Waals surface area (Å²) in [5.41, 5.74) is 6.57. The smallest absolute Gasteiger partial charge is 0.145 e. The minimum absolute atomic E-state index is 0.0868. The van der Waals surface area contributed by atoms with E-state index in [0.29, 0.717) is 12.3 Å². The minimum atomic E-state index is -0.487. The average molecular weight is 280 g/mol. The lowest BCUT2D eigenvalue weighted by Gasteiger charge is -2.11. The Balaban J connectivity index is 2.20. The SMILES string of the molecule is NCCCc1ccccc1Oc1ccc(Cl)c(F)c1. The third-order valence-electron chi connectivity index (χ3n) is 2.74. The summed E-state index contributed by atoms with van der Waals surface area (Å²) in [6.07, 6.45) is 1.72. The van der Waals surface area contributed by atoms with Gasteiger partial charge in [-0.2, -0.15) is 0 Å². The number of benzene rings is 2. The van der Waals surface area contributed by atoms with Gasteiger partial charge in [-0.3, -0.25) is 0 Å². The van der Waals surface area contributed by atoms with Crippen LogP contribution < -0.4 is 10.5 Å². The first-order chi connectivity index (χ1) is 9.20. The molecule has 2 rings (SSSR count). The van der Waals surface area contributed by atoms with Gasteiger partial charge >= 0.3 is 0 Å². The Hall–Kier alpha value is -1.58. The molecular weight excluding hydrogens is 265 g/mol. The molecule has 0 heterocycles. The third-order valence-corrected chi connectivity index (χ3v) is 3.05. The van der Waals surface area contributed by atoms with Gasteiger partial charge in [-0.25, -0.2) is 4.39 Å². The van der Waals surface area contributed by atoms with Crippen LogP contribution in [0.25, 0.3) is 0 Å². The highest BCUT2D eigenvalue weighted by Gasteiger charge is 2.06. The molecule has 0 saturated carbocycles. The maximum atomic E-state index is 13.4. The first-order valence-electron chi connectivity index (χ1n) is 6.11. The van der Waals surface area contributed by atoms with Crippen LogP contribution in [0.2, 0.25) is 5.02 Å². The molecule has 0 radical (unpaired) electrons. The molecule has 0 aromatic heterocycles. The molecule has 2 aromatic rings. The summed E-state index contributed by atoms with van der Waals surface area (Å²) in [4.78, 5) is 0. The fourth-order valence-electron chi connectivity index (χ4n) is 1.77. The molecule has 0 unspecified atom stereocenters. The summed E-state index contributed by atoms with van der Waals surface area (Å²) < 4.78 is 19.1. The molecule has 0 bridgehead atoms. The standard InChI is InChI=1S/C15H15ClFNO/c16-13-8-7-12(10-14(13)17)19-15-6-2-1-4-11(15)5-3-9-18/h1-2,4,6-8,10H,3,5,9,18H2. The third kappa shape index (κ3) is 3.69. The first-order valence-corrected chi connectivity index (χ1v) is 6.49. The van der Waals surface area contributed by atoms with Crippen molar-refractivity contribution in [1.29, 1.82) is 0 Å². The van der Waals surface area contributed by atoms with Crippen LogP contribution in [-0.4, -0.2) is 6.54 Å². The second kappa shape index (κ2) is 6.55. The average Bonchev–Trinajstić information content (AvgIpc) is 2.42. The van der Waals surface area contributed by atoms with E-state index in [4.69, 9.17) is 22.1 Å². The van der Waals surface area contributed by atoms with E-state index in [1.807, 2.05) is 24.3 Å². The van der Waals surface area contributed by atoms with Gasteiger partial charge in [-0.15, -0.1) is 0 Å². The Kier molecular flexibility index (Phi) is 4.77. The van der Waals surface area contributed by atoms with Crippen molar-refractivity contribution in [2.75, 3.05) is 6.54 Å². The summed E-state index contributed by atoms with van der Waals surface area (Å²) in [6.45, 7) is 0.629. The highest BCUT2D eigenvalue weighted by atomic mass is 35.5. The molecule has 0 fully saturated rings. The van der Waals surface area contributed by atoms with E-state index in [-0.39, 0.29) is 5.02 Å². The molecule has 0 amide bonds. The van der Waals surface area contributed by atoms with Gasteiger partial charge in [-0.05, 0) is 43.1 Å². The van der Waals surface area contributed by atoms with Crippen LogP contribution in [-0.2, 0) is 6.42 Å². The van der Waals surface area contributed by atoms with Gasteiger partial charge < -0.3 is 10.5 Å². The van der Waals surface area contributed by atoms with E-state index in [1.165, 1.54) is 12.1 Å². The van der Waals surface area contributed by atoms with Crippen LogP contribution in [0.5, 0.6) is 11.5 Å². The first kappa shape index (κ1) is 13.8. The lowest BCUT2D eigenvalue weighted by Crippen LogP contribution is -2.01. The molecule has 2 nitrogen and oxygen atoms in total. The summed E-state index contributed by atoms with van der Waals surface area (Å²) in [5.74, 6) is 0.665. The summed E-state index contributed by atoms with van der Waals surface area (Å²) in [7, 11) is 0. The molecule has 0 aliphatic carbocycles. The Labute approximate surface area is 117 Å². The number of rotatable bonds is 5. The van der Waals surface area contributed by atoms with Gasteiger partial charge in [-0.1, -0.05) is 29.8 Å². The minimum Gasteiger partial charge on any atom is -0.457 e. The van der Waals surface area contributed by atoms with E-state index >= 15 is 0 Å². The number of hydrogen-bond acceptors (Lipinski definition) is 2. The van der Waals surface area contributed by atoms with Crippen LogP contribution in [0.3, 0.4) is 0 Å². The molecule has 4 heteroatoms. The lowest BCUT2D eigenvalue weighted by atomic mass is 10.1. The number of ether oxygens (including phenoxy) is 1. The summed E-state index contributed by atoms with van der Waals surface area (Å²) >= 11 is 5.64. The summed E-state index contributed by atoms with van der Waals surface area (Å²) in [6, 6.07) is 12.1. The van der Waals surface area contributed by atoms with Crippen LogP contribution in [0.1, 0.15) is 12.0 Å². The van der Waals surface area contributed by atoms with E-state index in [0.717, 1.165) is 24.2 Å². The lowest BCUT2D eigenvalue weighted by molar-refractivity contribution is 0.470. The zero-order valence-electron chi connectivity index (χ0n) is 10.4. The molecule has 2 aromatic carbocycles. The fourth-order valence-corrected chi connectivity index (χ4v) is 1.89. The van der Waals surface area contributed by atoms with Crippen molar-refractivity contribution >= 4 is 11.6 Å². The van der Waals surface area contributed by atoms with Crippen molar-refractivity contribution in [1.82, 2.24) is 0 Å². The van der Waals surface area contributed by atoms with E-state index in [9.17, 15) is 4.39 Å².